The first-order chi connectivity index (χ1) is 14.9. The summed E-state index contributed by atoms with van der Waals surface area (Å²) in [6.45, 7) is 5.71. The lowest BCUT2D eigenvalue weighted by molar-refractivity contribution is -0.133. The van der Waals surface area contributed by atoms with E-state index in [1.54, 1.807) is 36.4 Å². The van der Waals surface area contributed by atoms with Gasteiger partial charge in [-0.05, 0) is 43.0 Å². The molecular weight excluding hydrogens is 388 g/mol. The van der Waals surface area contributed by atoms with E-state index in [2.05, 4.69) is 5.32 Å². The first-order valence-corrected chi connectivity index (χ1v) is 10.5. The van der Waals surface area contributed by atoms with Crippen LogP contribution in [0.3, 0.4) is 0 Å². The summed E-state index contributed by atoms with van der Waals surface area (Å²) in [7, 11) is 0. The van der Waals surface area contributed by atoms with E-state index >= 15 is 0 Å². The Balaban J connectivity index is 1.67. The minimum absolute atomic E-state index is 0.179. The molecule has 4 rings (SSSR count). The molecular formula is C26H26N2O3. The summed E-state index contributed by atoms with van der Waals surface area (Å²) >= 11 is 0. The highest BCUT2D eigenvalue weighted by Crippen LogP contribution is 2.44. The van der Waals surface area contributed by atoms with Crippen LogP contribution < -0.4 is 10.2 Å². The van der Waals surface area contributed by atoms with Gasteiger partial charge in [-0.25, -0.2) is 0 Å². The number of nitrogens with zero attached hydrogens (tertiary/aromatic N) is 1. The van der Waals surface area contributed by atoms with Gasteiger partial charge in [0.25, 0.3) is 5.91 Å². The predicted molar refractivity (Wildman–Crippen MR) is 122 cm³/mol. The summed E-state index contributed by atoms with van der Waals surface area (Å²) in [4.78, 5) is 27.8. The second kappa shape index (κ2) is 8.00. The normalized spacial score (nSPS) is 17.5. The fourth-order valence-corrected chi connectivity index (χ4v) is 4.27. The molecule has 2 N–H and O–H groups in total. The Hall–Kier alpha value is -3.44. The maximum atomic E-state index is 13.5. The molecule has 1 atom stereocenters. The van der Waals surface area contributed by atoms with Crippen molar-refractivity contribution in [2.45, 2.75) is 32.8 Å². The Morgan fingerprint density at radius 1 is 1.03 bits per heavy atom. The smallest absolute Gasteiger partial charge is 0.268 e. The molecule has 3 aromatic rings. The van der Waals surface area contributed by atoms with Crippen LogP contribution in [0.1, 0.15) is 34.7 Å². The minimum Gasteiger partial charge on any atom is -0.372 e. The lowest BCUT2D eigenvalue weighted by atomic mass is 9.87. The molecule has 158 valence electrons. The maximum absolute atomic E-state index is 13.5. The molecule has 5 nitrogen and oxygen atoms in total. The van der Waals surface area contributed by atoms with Crippen LogP contribution in [0.25, 0.3) is 0 Å². The molecule has 0 aromatic heterocycles. The maximum Gasteiger partial charge on any atom is 0.268 e. The number of hydrogen-bond donors (Lipinski definition) is 2. The topological polar surface area (TPSA) is 69.6 Å². The van der Waals surface area contributed by atoms with Gasteiger partial charge in [-0.2, -0.15) is 0 Å². The second-order valence-electron chi connectivity index (χ2n) is 8.00. The van der Waals surface area contributed by atoms with Gasteiger partial charge in [-0.1, -0.05) is 73.2 Å². The Morgan fingerprint density at radius 2 is 1.77 bits per heavy atom. The zero-order valence-electron chi connectivity index (χ0n) is 18.0. The van der Waals surface area contributed by atoms with Gasteiger partial charge >= 0.3 is 0 Å². The number of carbonyl (C=O) groups excluding carboxylic acids is 2. The molecule has 0 unspecified atom stereocenters. The summed E-state index contributed by atoms with van der Waals surface area (Å²) in [5.41, 5.74) is 3.45. The number of benzene rings is 3. The quantitative estimate of drug-likeness (QED) is 0.661. The fourth-order valence-electron chi connectivity index (χ4n) is 4.27. The van der Waals surface area contributed by atoms with Gasteiger partial charge in [-0.15, -0.1) is 0 Å². The molecule has 2 amide bonds. The largest absolute Gasteiger partial charge is 0.372 e. The van der Waals surface area contributed by atoms with Gasteiger partial charge in [0.2, 0.25) is 5.91 Å². The van der Waals surface area contributed by atoms with Crippen molar-refractivity contribution in [2.24, 2.45) is 0 Å². The van der Waals surface area contributed by atoms with E-state index in [0.29, 0.717) is 16.8 Å². The van der Waals surface area contributed by atoms with Crippen molar-refractivity contribution in [3.63, 3.8) is 0 Å². The standard InChI is InChI=1S/C26H26N2O3/c1-4-19-11-8-10-18(3)24(19)27-23(29)16-28-22-14-6-5-13-21(22)26(31,25(28)30)20-12-7-9-17(2)15-20/h5-15,31H,4,16H2,1-3H3,(H,27,29)/t26-/m0/s1. The van der Waals surface area contributed by atoms with Gasteiger partial charge < -0.3 is 10.4 Å². The van der Waals surface area contributed by atoms with E-state index in [9.17, 15) is 14.7 Å². The van der Waals surface area contributed by atoms with Gasteiger partial charge in [0.15, 0.2) is 5.60 Å². The SMILES string of the molecule is CCc1cccc(C)c1NC(=O)CN1C(=O)[C@](O)(c2cccc(C)c2)c2ccccc21. The van der Waals surface area contributed by atoms with Gasteiger partial charge in [0, 0.05) is 11.3 Å². The molecule has 0 saturated carbocycles. The van der Waals surface area contributed by atoms with Crippen molar-refractivity contribution in [1.29, 1.82) is 0 Å². The third kappa shape index (κ3) is 3.51. The number of aliphatic hydroxyl groups is 1. The van der Waals surface area contributed by atoms with Crippen LogP contribution >= 0.6 is 0 Å². The van der Waals surface area contributed by atoms with Crippen molar-refractivity contribution in [3.8, 4) is 0 Å². The fraction of sp³-hybridized carbons (Fsp3) is 0.231. The highest BCUT2D eigenvalue weighted by molar-refractivity contribution is 6.12. The first-order valence-electron chi connectivity index (χ1n) is 10.5. The number of anilines is 2. The van der Waals surface area contributed by atoms with Crippen LogP contribution in [0.5, 0.6) is 0 Å². The molecule has 0 spiro atoms. The molecule has 0 radical (unpaired) electrons. The monoisotopic (exact) mass is 414 g/mol. The molecule has 1 aliphatic heterocycles. The van der Waals surface area contributed by atoms with Gasteiger partial charge in [0.1, 0.15) is 6.54 Å². The molecule has 0 fully saturated rings. The zero-order chi connectivity index (χ0) is 22.2. The predicted octanol–water partition coefficient (Wildman–Crippen LogP) is 4.09. The Bertz CT molecular complexity index is 1170. The molecule has 0 aliphatic carbocycles. The summed E-state index contributed by atoms with van der Waals surface area (Å²) in [6.07, 6.45) is 0.788. The molecule has 1 aliphatic rings. The number of para-hydroxylation sites is 2. The lowest BCUT2D eigenvalue weighted by Gasteiger charge is -2.24. The van der Waals surface area contributed by atoms with Crippen molar-refractivity contribution in [2.75, 3.05) is 16.8 Å². The number of rotatable bonds is 5. The number of fused-ring (bicyclic) bond motifs is 1. The van der Waals surface area contributed by atoms with Crippen LogP contribution in [-0.4, -0.2) is 23.5 Å². The Kier molecular flexibility index (Phi) is 5.38. The number of amides is 2. The van der Waals surface area contributed by atoms with Gasteiger partial charge in [0.05, 0.1) is 5.69 Å². The molecule has 31 heavy (non-hydrogen) atoms. The number of nitrogens with one attached hydrogen (secondary N) is 1. The third-order valence-electron chi connectivity index (χ3n) is 5.88. The number of aryl methyl sites for hydroxylation is 3. The van der Waals surface area contributed by atoms with Crippen molar-refractivity contribution < 1.29 is 14.7 Å². The zero-order valence-corrected chi connectivity index (χ0v) is 18.0. The Morgan fingerprint density at radius 3 is 2.52 bits per heavy atom. The van der Waals surface area contributed by atoms with E-state index in [4.69, 9.17) is 0 Å². The molecule has 1 heterocycles. The molecule has 3 aromatic carbocycles. The molecule has 0 bridgehead atoms. The van der Waals surface area contributed by atoms with E-state index in [1.165, 1.54) is 4.90 Å². The van der Waals surface area contributed by atoms with Crippen LogP contribution in [0.4, 0.5) is 11.4 Å². The van der Waals surface area contributed by atoms with E-state index in [0.717, 1.165) is 28.8 Å². The summed E-state index contributed by atoms with van der Waals surface area (Å²) in [5, 5.41) is 14.6. The minimum atomic E-state index is -1.82. The Labute approximate surface area is 182 Å². The molecule has 5 heteroatoms. The first kappa shape index (κ1) is 20.8. The highest BCUT2D eigenvalue weighted by Gasteiger charge is 2.51. The van der Waals surface area contributed by atoms with Crippen LogP contribution in [0.2, 0.25) is 0 Å². The number of carbonyl (C=O) groups is 2. The number of hydrogen-bond acceptors (Lipinski definition) is 3. The van der Waals surface area contributed by atoms with Crippen LogP contribution in [-0.2, 0) is 21.6 Å². The summed E-state index contributed by atoms with van der Waals surface area (Å²) in [5.74, 6) is -0.824. The average molecular weight is 415 g/mol. The third-order valence-corrected chi connectivity index (χ3v) is 5.88. The van der Waals surface area contributed by atoms with Crippen molar-refractivity contribution >= 4 is 23.2 Å². The van der Waals surface area contributed by atoms with E-state index in [-0.39, 0.29) is 12.5 Å². The summed E-state index contributed by atoms with van der Waals surface area (Å²) < 4.78 is 0. The van der Waals surface area contributed by atoms with Crippen molar-refractivity contribution in [1.82, 2.24) is 0 Å². The van der Waals surface area contributed by atoms with E-state index in [1.807, 2.05) is 51.1 Å². The lowest BCUT2D eigenvalue weighted by Crippen LogP contribution is -2.44. The van der Waals surface area contributed by atoms with Gasteiger partial charge in [-0.3, -0.25) is 14.5 Å². The average Bonchev–Trinajstić information content (AvgIpc) is 2.98. The summed E-state index contributed by atoms with van der Waals surface area (Å²) in [6, 6.07) is 20.3. The van der Waals surface area contributed by atoms with Crippen LogP contribution in [0, 0.1) is 13.8 Å². The van der Waals surface area contributed by atoms with Crippen molar-refractivity contribution in [3.05, 3.63) is 94.5 Å². The highest BCUT2D eigenvalue weighted by atomic mass is 16.3. The molecule has 0 saturated heterocycles. The second-order valence-corrected chi connectivity index (χ2v) is 8.00. The van der Waals surface area contributed by atoms with E-state index < -0.39 is 11.5 Å². The van der Waals surface area contributed by atoms with Crippen LogP contribution in [0.15, 0.2) is 66.7 Å².